The predicted molar refractivity (Wildman–Crippen MR) is 77.0 cm³/mol. The summed E-state index contributed by atoms with van der Waals surface area (Å²) in [4.78, 5) is 15.6. The van der Waals surface area contributed by atoms with Crippen LogP contribution in [-0.4, -0.2) is 33.8 Å². The van der Waals surface area contributed by atoms with E-state index in [1.165, 1.54) is 0 Å². The third-order valence-corrected chi connectivity index (χ3v) is 3.96. The number of aryl methyl sites for hydroxylation is 1. The number of carboxylic acid groups (broad SMARTS) is 1. The number of hydrogen-bond acceptors (Lipinski definition) is 4. The van der Waals surface area contributed by atoms with Crippen molar-refractivity contribution in [2.24, 2.45) is 5.92 Å². The quantitative estimate of drug-likeness (QED) is 0.770. The maximum Gasteiger partial charge on any atom is 0.335 e. The van der Waals surface area contributed by atoms with Gasteiger partial charge in [0.05, 0.1) is 5.56 Å². The molecule has 1 heterocycles. The molecule has 1 aromatic heterocycles. The summed E-state index contributed by atoms with van der Waals surface area (Å²) < 4.78 is 0. The summed E-state index contributed by atoms with van der Waals surface area (Å²) >= 11 is 0. The summed E-state index contributed by atoms with van der Waals surface area (Å²) in [6.07, 6.45) is 4.97. The van der Waals surface area contributed by atoms with Gasteiger partial charge in [-0.1, -0.05) is 19.8 Å². The summed E-state index contributed by atoms with van der Waals surface area (Å²) in [6, 6.07) is 3.36. The highest BCUT2D eigenvalue weighted by Gasteiger charge is 2.24. The number of hydrogen-bond donors (Lipinski definition) is 3. The van der Waals surface area contributed by atoms with Crippen LogP contribution in [0.2, 0.25) is 0 Å². The van der Waals surface area contributed by atoms with Crippen molar-refractivity contribution in [2.75, 3.05) is 11.9 Å². The van der Waals surface area contributed by atoms with E-state index in [2.05, 4.69) is 10.3 Å². The normalized spacial score (nSPS) is 22.5. The van der Waals surface area contributed by atoms with Crippen molar-refractivity contribution in [3.8, 4) is 0 Å². The summed E-state index contributed by atoms with van der Waals surface area (Å²) in [5, 5.41) is 21.9. The van der Waals surface area contributed by atoms with Gasteiger partial charge in [0, 0.05) is 24.3 Å². The van der Waals surface area contributed by atoms with E-state index in [9.17, 15) is 9.90 Å². The Morgan fingerprint density at radius 2 is 2.15 bits per heavy atom. The van der Waals surface area contributed by atoms with Gasteiger partial charge >= 0.3 is 5.97 Å². The van der Waals surface area contributed by atoms with Gasteiger partial charge in [0.25, 0.3) is 0 Å². The molecule has 0 aromatic carbocycles. The van der Waals surface area contributed by atoms with Gasteiger partial charge in [-0.15, -0.1) is 0 Å². The van der Waals surface area contributed by atoms with Crippen molar-refractivity contribution >= 4 is 11.8 Å². The van der Waals surface area contributed by atoms with Crippen LogP contribution < -0.4 is 5.32 Å². The molecule has 5 nitrogen and oxygen atoms in total. The van der Waals surface area contributed by atoms with Crippen molar-refractivity contribution in [3.05, 3.63) is 23.4 Å². The molecule has 1 aliphatic rings. The molecule has 2 unspecified atom stereocenters. The Balaban J connectivity index is 2.18. The molecule has 110 valence electrons. The monoisotopic (exact) mass is 278 g/mol. The van der Waals surface area contributed by atoms with Crippen LogP contribution in [0.1, 0.15) is 48.7 Å². The number of anilines is 1. The van der Waals surface area contributed by atoms with E-state index >= 15 is 0 Å². The molecule has 1 fully saturated rings. The molecule has 0 spiro atoms. The van der Waals surface area contributed by atoms with Crippen LogP contribution in [-0.2, 0) is 6.42 Å². The third kappa shape index (κ3) is 3.48. The zero-order valence-electron chi connectivity index (χ0n) is 11.8. The molecule has 0 aliphatic heterocycles. The molecule has 1 aliphatic carbocycles. The number of carboxylic acids is 1. The van der Waals surface area contributed by atoms with Gasteiger partial charge < -0.3 is 15.5 Å². The number of aliphatic hydroxyl groups excluding tert-OH is 1. The van der Waals surface area contributed by atoms with Crippen molar-refractivity contribution in [2.45, 2.75) is 45.1 Å². The fourth-order valence-corrected chi connectivity index (χ4v) is 2.77. The van der Waals surface area contributed by atoms with E-state index < -0.39 is 5.97 Å². The highest BCUT2D eigenvalue weighted by Crippen LogP contribution is 2.27. The van der Waals surface area contributed by atoms with E-state index in [1.54, 1.807) is 12.1 Å². The molecule has 0 saturated heterocycles. The van der Waals surface area contributed by atoms with E-state index in [0.29, 0.717) is 12.2 Å². The number of aromatic nitrogens is 1. The summed E-state index contributed by atoms with van der Waals surface area (Å²) in [5.41, 5.74) is 1.03. The molecule has 0 radical (unpaired) electrons. The molecule has 1 saturated carbocycles. The molecule has 3 N–H and O–H groups in total. The Labute approximate surface area is 119 Å². The number of carbonyl (C=O) groups is 1. The van der Waals surface area contributed by atoms with Crippen LogP contribution in [0.4, 0.5) is 5.82 Å². The average Bonchev–Trinajstić information content (AvgIpc) is 2.47. The molecule has 20 heavy (non-hydrogen) atoms. The maximum absolute atomic E-state index is 11.1. The predicted octanol–water partition coefficient (Wildman–Crippen LogP) is 2.31. The van der Waals surface area contributed by atoms with E-state index in [4.69, 9.17) is 5.11 Å². The SMILES string of the molecule is CCc1cc(C(=O)O)cc(NC2CCCCC2CO)n1. The highest BCUT2D eigenvalue weighted by atomic mass is 16.4. The lowest BCUT2D eigenvalue weighted by molar-refractivity contribution is 0.0696. The Hall–Kier alpha value is -1.62. The molecular weight excluding hydrogens is 256 g/mol. The number of pyridine rings is 1. The standard InChI is InChI=1S/C15H22N2O3/c1-2-12-7-11(15(19)20)8-14(16-12)17-13-6-4-3-5-10(13)9-18/h7-8,10,13,18H,2-6,9H2,1H3,(H,16,17)(H,19,20). The van der Waals surface area contributed by atoms with Crippen LogP contribution in [0.3, 0.4) is 0 Å². The van der Waals surface area contributed by atoms with Crippen LogP contribution in [0.25, 0.3) is 0 Å². The first kappa shape index (κ1) is 14.8. The summed E-state index contributed by atoms with van der Waals surface area (Å²) in [5.74, 6) is -0.108. The van der Waals surface area contributed by atoms with Gasteiger partial charge in [0.2, 0.25) is 0 Å². The molecule has 1 aromatic rings. The molecule has 5 heteroatoms. The minimum atomic E-state index is -0.937. The zero-order valence-corrected chi connectivity index (χ0v) is 11.8. The number of rotatable bonds is 5. The number of nitrogens with one attached hydrogen (secondary N) is 1. The van der Waals surface area contributed by atoms with Crippen molar-refractivity contribution in [1.29, 1.82) is 0 Å². The van der Waals surface area contributed by atoms with E-state index in [1.807, 2.05) is 6.92 Å². The summed E-state index contributed by atoms with van der Waals surface area (Å²) in [6.45, 7) is 2.12. The minimum absolute atomic E-state index is 0.164. The lowest BCUT2D eigenvalue weighted by atomic mass is 9.85. The van der Waals surface area contributed by atoms with E-state index in [-0.39, 0.29) is 24.1 Å². The fraction of sp³-hybridized carbons (Fsp3) is 0.600. The van der Waals surface area contributed by atoms with Crippen molar-refractivity contribution < 1.29 is 15.0 Å². The lowest BCUT2D eigenvalue weighted by Gasteiger charge is -2.31. The minimum Gasteiger partial charge on any atom is -0.478 e. The largest absolute Gasteiger partial charge is 0.478 e. The van der Waals surface area contributed by atoms with Crippen molar-refractivity contribution in [3.63, 3.8) is 0 Å². The van der Waals surface area contributed by atoms with Crippen LogP contribution in [0.5, 0.6) is 0 Å². The highest BCUT2D eigenvalue weighted by molar-refractivity contribution is 5.88. The Bertz CT molecular complexity index is 476. The maximum atomic E-state index is 11.1. The Kier molecular flexibility index (Phi) is 4.95. The summed E-state index contributed by atoms with van der Waals surface area (Å²) in [7, 11) is 0. The van der Waals surface area contributed by atoms with Crippen molar-refractivity contribution in [1.82, 2.24) is 4.98 Å². The first-order chi connectivity index (χ1) is 9.63. The molecule has 2 rings (SSSR count). The number of aromatic carboxylic acids is 1. The molecule has 2 atom stereocenters. The molecular formula is C15H22N2O3. The topological polar surface area (TPSA) is 82.5 Å². The van der Waals surface area contributed by atoms with Gasteiger partial charge in [0.1, 0.15) is 5.82 Å². The smallest absolute Gasteiger partial charge is 0.335 e. The van der Waals surface area contributed by atoms with Gasteiger partial charge in [-0.2, -0.15) is 0 Å². The molecule has 0 amide bonds. The number of aliphatic hydroxyl groups is 1. The number of nitrogens with zero attached hydrogens (tertiary/aromatic N) is 1. The van der Waals surface area contributed by atoms with Gasteiger partial charge in [-0.25, -0.2) is 9.78 Å². The first-order valence-electron chi connectivity index (χ1n) is 7.25. The Morgan fingerprint density at radius 3 is 2.80 bits per heavy atom. The van der Waals surface area contributed by atoms with Gasteiger partial charge in [-0.05, 0) is 31.4 Å². The third-order valence-electron chi connectivity index (χ3n) is 3.96. The molecule has 0 bridgehead atoms. The van der Waals surface area contributed by atoms with Crippen LogP contribution in [0.15, 0.2) is 12.1 Å². The van der Waals surface area contributed by atoms with Gasteiger partial charge in [0.15, 0.2) is 0 Å². The lowest BCUT2D eigenvalue weighted by Crippen LogP contribution is -2.34. The van der Waals surface area contributed by atoms with Gasteiger partial charge in [-0.3, -0.25) is 0 Å². The van der Waals surface area contributed by atoms with Crippen LogP contribution in [0, 0.1) is 5.92 Å². The van der Waals surface area contributed by atoms with Crippen LogP contribution >= 0.6 is 0 Å². The fourth-order valence-electron chi connectivity index (χ4n) is 2.77. The van der Waals surface area contributed by atoms with E-state index in [0.717, 1.165) is 31.4 Å². The second kappa shape index (κ2) is 6.70. The first-order valence-corrected chi connectivity index (χ1v) is 7.25. The Morgan fingerprint density at radius 1 is 1.40 bits per heavy atom. The average molecular weight is 278 g/mol. The second-order valence-electron chi connectivity index (χ2n) is 5.37. The zero-order chi connectivity index (χ0) is 14.5. The second-order valence-corrected chi connectivity index (χ2v) is 5.37.